The summed E-state index contributed by atoms with van der Waals surface area (Å²) < 4.78 is 5.53. The molecule has 2 spiro atoms. The summed E-state index contributed by atoms with van der Waals surface area (Å²) in [7, 11) is 0. The van der Waals surface area contributed by atoms with Gasteiger partial charge in [-0.05, 0) is 59.3 Å². The molecule has 4 aliphatic rings. The van der Waals surface area contributed by atoms with Crippen molar-refractivity contribution in [1.82, 2.24) is 9.80 Å². The molecule has 1 unspecified atom stereocenters. The fourth-order valence-electron chi connectivity index (χ4n) is 4.92. The molecular weight excluding hydrogens is 292 g/mol. The summed E-state index contributed by atoms with van der Waals surface area (Å²) in [6.07, 6.45) is 7.19. The van der Waals surface area contributed by atoms with Gasteiger partial charge in [-0.1, -0.05) is 0 Å². The fourth-order valence-corrected chi connectivity index (χ4v) is 4.92. The molecule has 2 saturated heterocycles. The number of nitrogens with zero attached hydrogens (tertiary/aromatic N) is 2. The molecule has 2 aliphatic carbocycles. The van der Waals surface area contributed by atoms with Crippen molar-refractivity contribution in [1.29, 1.82) is 0 Å². The van der Waals surface area contributed by atoms with E-state index < -0.39 is 5.60 Å². The lowest BCUT2D eigenvalue weighted by molar-refractivity contribution is -0.140. The van der Waals surface area contributed by atoms with Crippen LogP contribution in [0.15, 0.2) is 0 Å². The molecule has 0 aromatic heterocycles. The molecule has 4 fully saturated rings. The number of amides is 2. The Bertz CT molecular complexity index is 549. The molecule has 0 aromatic rings. The zero-order valence-electron chi connectivity index (χ0n) is 14.6. The Kier molecular flexibility index (Phi) is 3.08. The standard InChI is InChI=1S/C18H28N2O3/c1-16(2,3)23-15(22)19-11-10-17(12-19)6-4-13(17)20-14(21)5-7-18(20)8-9-18/h13H,4-12H2,1-3H3/t13?,17-/m0/s1. The predicted octanol–water partition coefficient (Wildman–Crippen LogP) is 2.93. The summed E-state index contributed by atoms with van der Waals surface area (Å²) in [5, 5.41) is 0. The number of ether oxygens (including phenoxy) is 1. The van der Waals surface area contributed by atoms with E-state index in [2.05, 4.69) is 4.90 Å². The highest BCUT2D eigenvalue weighted by atomic mass is 16.6. The lowest BCUT2D eigenvalue weighted by atomic mass is 9.63. The number of carbonyl (C=O) groups is 2. The highest BCUT2D eigenvalue weighted by Crippen LogP contribution is 2.59. The van der Waals surface area contributed by atoms with Crippen LogP contribution in [0.25, 0.3) is 0 Å². The summed E-state index contributed by atoms with van der Waals surface area (Å²) in [4.78, 5) is 28.9. The molecule has 0 aromatic carbocycles. The average Bonchev–Trinajstić information content (AvgIpc) is 2.93. The Morgan fingerprint density at radius 1 is 1.17 bits per heavy atom. The van der Waals surface area contributed by atoms with Crippen molar-refractivity contribution in [3.05, 3.63) is 0 Å². The molecule has 5 heteroatoms. The van der Waals surface area contributed by atoms with Gasteiger partial charge >= 0.3 is 6.09 Å². The highest BCUT2D eigenvalue weighted by molar-refractivity contribution is 5.81. The number of rotatable bonds is 1. The minimum Gasteiger partial charge on any atom is -0.444 e. The second kappa shape index (κ2) is 4.64. The maximum atomic E-state index is 12.4. The molecule has 5 nitrogen and oxygen atoms in total. The van der Waals surface area contributed by atoms with Gasteiger partial charge in [0, 0.05) is 36.5 Å². The zero-order valence-corrected chi connectivity index (χ0v) is 14.6. The van der Waals surface area contributed by atoms with Gasteiger partial charge < -0.3 is 14.5 Å². The van der Waals surface area contributed by atoms with Crippen molar-refractivity contribution >= 4 is 12.0 Å². The number of hydrogen-bond donors (Lipinski definition) is 0. The van der Waals surface area contributed by atoms with Crippen LogP contribution in [-0.4, -0.2) is 52.1 Å². The van der Waals surface area contributed by atoms with Gasteiger partial charge in [0.25, 0.3) is 0 Å². The topological polar surface area (TPSA) is 49.9 Å². The fraction of sp³-hybridized carbons (Fsp3) is 0.889. The van der Waals surface area contributed by atoms with Crippen LogP contribution < -0.4 is 0 Å². The lowest BCUT2D eigenvalue weighted by Crippen LogP contribution is -2.59. The average molecular weight is 320 g/mol. The summed E-state index contributed by atoms with van der Waals surface area (Å²) in [6.45, 7) is 7.24. The van der Waals surface area contributed by atoms with E-state index in [9.17, 15) is 9.59 Å². The first kappa shape index (κ1) is 15.3. The van der Waals surface area contributed by atoms with Crippen LogP contribution in [0, 0.1) is 5.41 Å². The zero-order chi connectivity index (χ0) is 16.5. The van der Waals surface area contributed by atoms with E-state index in [-0.39, 0.29) is 17.0 Å². The molecule has 4 rings (SSSR count). The lowest BCUT2D eigenvalue weighted by Gasteiger charge is -2.53. The smallest absolute Gasteiger partial charge is 0.410 e. The molecule has 0 bridgehead atoms. The molecular formula is C18H28N2O3. The van der Waals surface area contributed by atoms with Gasteiger partial charge in [0.05, 0.1) is 0 Å². The van der Waals surface area contributed by atoms with Crippen LogP contribution in [0.4, 0.5) is 4.79 Å². The molecule has 23 heavy (non-hydrogen) atoms. The van der Waals surface area contributed by atoms with Crippen LogP contribution in [-0.2, 0) is 9.53 Å². The van der Waals surface area contributed by atoms with Crippen molar-refractivity contribution in [2.45, 2.75) is 82.9 Å². The van der Waals surface area contributed by atoms with Crippen LogP contribution in [0.1, 0.15) is 65.7 Å². The van der Waals surface area contributed by atoms with Gasteiger partial charge in [-0.15, -0.1) is 0 Å². The van der Waals surface area contributed by atoms with Gasteiger partial charge in [0.15, 0.2) is 0 Å². The SMILES string of the molecule is CC(C)(C)OC(=O)N1CC[C@@]2(CCC2N2C(=O)CCC23CC3)C1. The Morgan fingerprint density at radius 2 is 1.91 bits per heavy atom. The summed E-state index contributed by atoms with van der Waals surface area (Å²) >= 11 is 0. The van der Waals surface area contributed by atoms with Gasteiger partial charge in [0.1, 0.15) is 5.60 Å². The number of likely N-dealkylation sites (tertiary alicyclic amines) is 2. The van der Waals surface area contributed by atoms with Crippen molar-refractivity contribution in [2.75, 3.05) is 13.1 Å². The van der Waals surface area contributed by atoms with E-state index in [1.54, 1.807) is 0 Å². The molecule has 0 N–H and O–H groups in total. The first-order valence-corrected chi connectivity index (χ1v) is 9.05. The summed E-state index contributed by atoms with van der Waals surface area (Å²) in [5.41, 5.74) is -0.115. The largest absolute Gasteiger partial charge is 0.444 e. The van der Waals surface area contributed by atoms with Crippen LogP contribution in [0.5, 0.6) is 0 Å². The number of carbonyl (C=O) groups excluding carboxylic acids is 2. The molecule has 2 saturated carbocycles. The van der Waals surface area contributed by atoms with E-state index in [4.69, 9.17) is 4.74 Å². The minimum atomic E-state index is -0.450. The molecule has 2 aliphatic heterocycles. The van der Waals surface area contributed by atoms with Gasteiger partial charge in [-0.25, -0.2) is 4.79 Å². The van der Waals surface area contributed by atoms with Crippen molar-refractivity contribution in [2.24, 2.45) is 5.41 Å². The highest BCUT2D eigenvalue weighted by Gasteiger charge is 2.63. The minimum absolute atomic E-state index is 0.131. The first-order chi connectivity index (χ1) is 10.7. The van der Waals surface area contributed by atoms with Crippen LogP contribution in [0.3, 0.4) is 0 Å². The van der Waals surface area contributed by atoms with Crippen LogP contribution in [0.2, 0.25) is 0 Å². The second-order valence-corrected chi connectivity index (χ2v) is 9.06. The van der Waals surface area contributed by atoms with E-state index in [0.717, 1.165) is 45.2 Å². The Hall–Kier alpha value is -1.26. The Balaban J connectivity index is 1.46. The van der Waals surface area contributed by atoms with E-state index >= 15 is 0 Å². The first-order valence-electron chi connectivity index (χ1n) is 9.05. The maximum Gasteiger partial charge on any atom is 0.410 e. The van der Waals surface area contributed by atoms with Gasteiger partial charge in [-0.3, -0.25) is 4.79 Å². The third-order valence-electron chi connectivity index (χ3n) is 6.38. The van der Waals surface area contributed by atoms with Gasteiger partial charge in [0.2, 0.25) is 5.91 Å². The normalized spacial score (nSPS) is 35.1. The third kappa shape index (κ3) is 2.34. The molecule has 2 heterocycles. The molecule has 128 valence electrons. The Labute approximate surface area is 138 Å². The van der Waals surface area contributed by atoms with Crippen molar-refractivity contribution in [3.8, 4) is 0 Å². The molecule has 2 amide bonds. The summed E-state index contributed by atoms with van der Waals surface area (Å²) in [5.74, 6) is 0.349. The Morgan fingerprint density at radius 3 is 2.48 bits per heavy atom. The predicted molar refractivity (Wildman–Crippen MR) is 85.9 cm³/mol. The monoisotopic (exact) mass is 320 g/mol. The molecule has 2 atom stereocenters. The maximum absolute atomic E-state index is 12.4. The van der Waals surface area contributed by atoms with Gasteiger partial charge in [-0.2, -0.15) is 0 Å². The van der Waals surface area contributed by atoms with E-state index in [1.165, 1.54) is 12.8 Å². The quantitative estimate of drug-likeness (QED) is 0.746. The van der Waals surface area contributed by atoms with Crippen molar-refractivity contribution < 1.29 is 14.3 Å². The van der Waals surface area contributed by atoms with Crippen molar-refractivity contribution in [3.63, 3.8) is 0 Å². The third-order valence-corrected chi connectivity index (χ3v) is 6.38. The van der Waals surface area contributed by atoms with Crippen LogP contribution >= 0.6 is 0 Å². The number of hydrogen-bond acceptors (Lipinski definition) is 3. The summed E-state index contributed by atoms with van der Waals surface area (Å²) in [6, 6.07) is 0.354. The van der Waals surface area contributed by atoms with E-state index in [0.29, 0.717) is 11.9 Å². The second-order valence-electron chi connectivity index (χ2n) is 9.06. The van der Waals surface area contributed by atoms with E-state index in [1.807, 2.05) is 25.7 Å². The molecule has 0 radical (unpaired) electrons.